The molecule has 2 aromatic carbocycles. The van der Waals surface area contributed by atoms with E-state index in [9.17, 15) is 8.78 Å². The number of ether oxygens (including phenoxy) is 1. The number of H-pyrrole nitrogens is 1. The van der Waals surface area contributed by atoms with Crippen molar-refractivity contribution in [3.8, 4) is 22.8 Å². The fourth-order valence-electron chi connectivity index (χ4n) is 1.79. The van der Waals surface area contributed by atoms with E-state index in [0.717, 1.165) is 5.69 Å². The van der Waals surface area contributed by atoms with Gasteiger partial charge >= 0.3 is 0 Å². The molecule has 0 aliphatic carbocycles. The Morgan fingerprint density at radius 3 is 2.45 bits per heavy atom. The van der Waals surface area contributed by atoms with Crippen LogP contribution >= 0.6 is 0 Å². The molecular formula is C15H10F2N2O. The number of aromatic nitrogens is 2. The van der Waals surface area contributed by atoms with Gasteiger partial charge in [-0.05, 0) is 42.5 Å². The molecule has 0 saturated carbocycles. The van der Waals surface area contributed by atoms with Crippen molar-refractivity contribution in [3.05, 3.63) is 66.6 Å². The normalized spacial score (nSPS) is 10.5. The van der Waals surface area contributed by atoms with Gasteiger partial charge < -0.3 is 9.72 Å². The SMILES string of the molecule is Fc1ccc(Oc2ccc(-c3cnc[nH]3)cc2F)cc1. The second-order valence-electron chi connectivity index (χ2n) is 4.17. The van der Waals surface area contributed by atoms with Crippen molar-refractivity contribution < 1.29 is 13.5 Å². The third-order valence-corrected chi connectivity index (χ3v) is 2.78. The van der Waals surface area contributed by atoms with Crippen LogP contribution in [0.1, 0.15) is 0 Å². The molecule has 0 atom stereocenters. The third-order valence-electron chi connectivity index (χ3n) is 2.78. The van der Waals surface area contributed by atoms with E-state index in [1.165, 1.54) is 42.7 Å². The van der Waals surface area contributed by atoms with Gasteiger partial charge in [0.05, 0.1) is 18.2 Å². The van der Waals surface area contributed by atoms with Crippen LogP contribution in [0, 0.1) is 11.6 Å². The molecule has 0 spiro atoms. The number of nitrogens with zero attached hydrogens (tertiary/aromatic N) is 1. The minimum absolute atomic E-state index is 0.0832. The topological polar surface area (TPSA) is 37.9 Å². The second-order valence-corrected chi connectivity index (χ2v) is 4.17. The average Bonchev–Trinajstić information content (AvgIpc) is 2.97. The van der Waals surface area contributed by atoms with Crippen LogP contribution in [0.4, 0.5) is 8.78 Å². The molecule has 20 heavy (non-hydrogen) atoms. The van der Waals surface area contributed by atoms with Crippen LogP contribution in [0.15, 0.2) is 55.0 Å². The van der Waals surface area contributed by atoms with Gasteiger partial charge in [-0.3, -0.25) is 0 Å². The predicted molar refractivity (Wildman–Crippen MR) is 70.5 cm³/mol. The molecule has 1 aromatic heterocycles. The lowest BCUT2D eigenvalue weighted by Crippen LogP contribution is -1.89. The van der Waals surface area contributed by atoms with Gasteiger partial charge in [-0.25, -0.2) is 13.8 Å². The monoisotopic (exact) mass is 272 g/mol. The standard InChI is InChI=1S/C15H10F2N2O/c16-11-2-4-12(5-3-11)20-15-6-1-10(7-13(15)17)14-8-18-9-19-14/h1-9H,(H,18,19). The Kier molecular flexibility index (Phi) is 3.16. The van der Waals surface area contributed by atoms with Crippen LogP contribution < -0.4 is 4.74 Å². The van der Waals surface area contributed by atoms with Gasteiger partial charge in [-0.15, -0.1) is 0 Å². The van der Waals surface area contributed by atoms with E-state index in [0.29, 0.717) is 11.3 Å². The van der Waals surface area contributed by atoms with Crippen LogP contribution in [0.5, 0.6) is 11.5 Å². The number of halogens is 2. The molecule has 0 aliphatic heterocycles. The smallest absolute Gasteiger partial charge is 0.166 e. The summed E-state index contributed by atoms with van der Waals surface area (Å²) in [6.45, 7) is 0. The zero-order valence-corrected chi connectivity index (χ0v) is 10.3. The fourth-order valence-corrected chi connectivity index (χ4v) is 1.79. The zero-order valence-electron chi connectivity index (χ0n) is 10.3. The predicted octanol–water partition coefficient (Wildman–Crippen LogP) is 4.15. The Morgan fingerprint density at radius 1 is 1.00 bits per heavy atom. The summed E-state index contributed by atoms with van der Waals surface area (Å²) in [4.78, 5) is 6.78. The van der Waals surface area contributed by atoms with Gasteiger partial charge in [0.15, 0.2) is 11.6 Å². The van der Waals surface area contributed by atoms with E-state index in [1.807, 2.05) is 0 Å². The molecule has 1 N–H and O–H groups in total. The average molecular weight is 272 g/mol. The molecule has 100 valence electrons. The van der Waals surface area contributed by atoms with Gasteiger partial charge in [0.25, 0.3) is 0 Å². The first-order valence-corrected chi connectivity index (χ1v) is 5.94. The summed E-state index contributed by atoms with van der Waals surface area (Å²) in [5.74, 6) is -0.409. The van der Waals surface area contributed by atoms with E-state index in [-0.39, 0.29) is 11.6 Å². The molecule has 0 aliphatic rings. The minimum Gasteiger partial charge on any atom is -0.454 e. The Bertz CT molecular complexity index is 709. The number of rotatable bonds is 3. The molecule has 5 heteroatoms. The van der Waals surface area contributed by atoms with Crippen molar-refractivity contribution in [2.24, 2.45) is 0 Å². The van der Waals surface area contributed by atoms with Crippen LogP contribution in [-0.4, -0.2) is 9.97 Å². The fraction of sp³-hybridized carbons (Fsp3) is 0. The Hall–Kier alpha value is -2.69. The Labute approximate surface area is 113 Å². The molecule has 0 radical (unpaired) electrons. The largest absolute Gasteiger partial charge is 0.454 e. The molecule has 3 rings (SSSR count). The van der Waals surface area contributed by atoms with Crippen molar-refractivity contribution in [3.63, 3.8) is 0 Å². The summed E-state index contributed by atoms with van der Waals surface area (Å²) in [5.41, 5.74) is 1.39. The molecule has 3 nitrogen and oxygen atoms in total. The van der Waals surface area contributed by atoms with Gasteiger partial charge in [0.2, 0.25) is 0 Å². The maximum Gasteiger partial charge on any atom is 0.166 e. The summed E-state index contributed by atoms with van der Waals surface area (Å²) in [6, 6.07) is 9.99. The maximum atomic E-state index is 14.0. The summed E-state index contributed by atoms with van der Waals surface area (Å²) in [5, 5.41) is 0. The number of hydrogen-bond donors (Lipinski definition) is 1. The van der Waals surface area contributed by atoms with Crippen molar-refractivity contribution in [1.29, 1.82) is 0 Å². The lowest BCUT2D eigenvalue weighted by molar-refractivity contribution is 0.441. The van der Waals surface area contributed by atoms with Crippen molar-refractivity contribution >= 4 is 0 Å². The summed E-state index contributed by atoms with van der Waals surface area (Å²) in [6.07, 6.45) is 3.13. The number of aromatic amines is 1. The summed E-state index contributed by atoms with van der Waals surface area (Å²) < 4.78 is 32.1. The highest BCUT2D eigenvalue weighted by Crippen LogP contribution is 2.28. The van der Waals surface area contributed by atoms with E-state index < -0.39 is 5.82 Å². The summed E-state index contributed by atoms with van der Waals surface area (Å²) >= 11 is 0. The van der Waals surface area contributed by atoms with Crippen molar-refractivity contribution in [2.75, 3.05) is 0 Å². The minimum atomic E-state index is -0.499. The molecule has 0 amide bonds. The van der Waals surface area contributed by atoms with Crippen molar-refractivity contribution in [1.82, 2.24) is 9.97 Å². The molecule has 3 aromatic rings. The first-order chi connectivity index (χ1) is 9.72. The first-order valence-electron chi connectivity index (χ1n) is 5.94. The lowest BCUT2D eigenvalue weighted by Gasteiger charge is -2.07. The second kappa shape index (κ2) is 5.13. The van der Waals surface area contributed by atoms with E-state index in [1.54, 1.807) is 12.3 Å². The van der Waals surface area contributed by atoms with Crippen LogP contribution in [0.25, 0.3) is 11.3 Å². The highest BCUT2D eigenvalue weighted by atomic mass is 19.1. The van der Waals surface area contributed by atoms with Gasteiger partial charge in [0, 0.05) is 5.56 Å². The summed E-state index contributed by atoms with van der Waals surface area (Å²) in [7, 11) is 0. The maximum absolute atomic E-state index is 14.0. The van der Waals surface area contributed by atoms with Crippen LogP contribution in [0.3, 0.4) is 0 Å². The van der Waals surface area contributed by atoms with Gasteiger partial charge in [-0.2, -0.15) is 0 Å². The molecule has 0 saturated heterocycles. The van der Waals surface area contributed by atoms with Crippen LogP contribution in [0.2, 0.25) is 0 Å². The van der Waals surface area contributed by atoms with E-state index in [2.05, 4.69) is 9.97 Å². The third kappa shape index (κ3) is 2.51. The van der Waals surface area contributed by atoms with Crippen molar-refractivity contribution in [2.45, 2.75) is 0 Å². The Balaban J connectivity index is 1.86. The molecule has 0 unspecified atom stereocenters. The molecule has 1 heterocycles. The Morgan fingerprint density at radius 2 is 1.80 bits per heavy atom. The molecule has 0 fully saturated rings. The van der Waals surface area contributed by atoms with Gasteiger partial charge in [0.1, 0.15) is 11.6 Å². The number of imidazole rings is 1. The number of hydrogen-bond acceptors (Lipinski definition) is 2. The highest BCUT2D eigenvalue weighted by Gasteiger charge is 2.08. The highest BCUT2D eigenvalue weighted by molar-refractivity contribution is 5.59. The van der Waals surface area contributed by atoms with E-state index in [4.69, 9.17) is 4.74 Å². The molecular weight excluding hydrogens is 262 g/mol. The molecule has 0 bridgehead atoms. The quantitative estimate of drug-likeness (QED) is 0.777. The zero-order chi connectivity index (χ0) is 13.9. The van der Waals surface area contributed by atoms with E-state index >= 15 is 0 Å². The first kappa shape index (κ1) is 12.3. The lowest BCUT2D eigenvalue weighted by atomic mass is 10.1. The number of nitrogens with one attached hydrogen (secondary N) is 1. The van der Waals surface area contributed by atoms with Crippen LogP contribution in [-0.2, 0) is 0 Å². The number of benzene rings is 2. The van der Waals surface area contributed by atoms with Gasteiger partial charge in [-0.1, -0.05) is 0 Å².